The predicted octanol–water partition coefficient (Wildman–Crippen LogP) is 2.98. The van der Waals surface area contributed by atoms with E-state index in [0.717, 1.165) is 30.5 Å². The Labute approximate surface area is 84.3 Å². The first kappa shape index (κ1) is 9.25. The summed E-state index contributed by atoms with van der Waals surface area (Å²) in [6.07, 6.45) is 5.61. The van der Waals surface area contributed by atoms with E-state index in [1.54, 1.807) is 0 Å². The largest absolute Gasteiger partial charge is 0.411 e. The fourth-order valence-electron chi connectivity index (χ4n) is 2.04. The van der Waals surface area contributed by atoms with Crippen molar-refractivity contribution in [3.8, 4) is 0 Å². The van der Waals surface area contributed by atoms with Gasteiger partial charge in [0.25, 0.3) is 0 Å². The molecule has 14 heavy (non-hydrogen) atoms. The van der Waals surface area contributed by atoms with E-state index in [4.69, 9.17) is 5.21 Å². The van der Waals surface area contributed by atoms with Crippen molar-refractivity contribution in [1.82, 2.24) is 0 Å². The molecule has 0 atom stereocenters. The number of aryl methyl sites for hydroxylation is 1. The van der Waals surface area contributed by atoms with Crippen LogP contribution in [0.4, 0.5) is 0 Å². The Morgan fingerprint density at radius 1 is 1.00 bits per heavy atom. The van der Waals surface area contributed by atoms with Crippen LogP contribution in [0.5, 0.6) is 0 Å². The second kappa shape index (κ2) is 4.27. The molecule has 0 fully saturated rings. The smallest absolute Gasteiger partial charge is 0.0870 e. The average molecular weight is 189 g/mol. The Hall–Kier alpha value is -1.31. The fraction of sp³-hybridized carbons (Fsp3) is 0.417. The number of fused-ring (bicyclic) bond motifs is 1. The van der Waals surface area contributed by atoms with Gasteiger partial charge in [-0.1, -0.05) is 35.8 Å². The van der Waals surface area contributed by atoms with Gasteiger partial charge in [-0.05, 0) is 31.2 Å². The number of oxime groups is 1. The summed E-state index contributed by atoms with van der Waals surface area (Å²) >= 11 is 0. The molecular formula is C12H15NO. The average Bonchev–Trinajstić information content (AvgIpc) is 2.20. The monoisotopic (exact) mass is 189 g/mol. The molecule has 74 valence electrons. The quantitative estimate of drug-likeness (QED) is 0.494. The number of hydrogen-bond donors (Lipinski definition) is 1. The number of rotatable bonds is 0. The minimum Gasteiger partial charge on any atom is -0.411 e. The van der Waals surface area contributed by atoms with E-state index < -0.39 is 0 Å². The van der Waals surface area contributed by atoms with Crippen molar-refractivity contribution in [1.29, 1.82) is 0 Å². The first-order valence-corrected chi connectivity index (χ1v) is 5.21. The highest BCUT2D eigenvalue weighted by molar-refractivity contribution is 6.01. The van der Waals surface area contributed by atoms with Crippen molar-refractivity contribution in [2.45, 2.75) is 32.1 Å². The molecule has 1 N–H and O–H groups in total. The zero-order chi connectivity index (χ0) is 9.80. The minimum absolute atomic E-state index is 0.848. The molecule has 0 radical (unpaired) electrons. The van der Waals surface area contributed by atoms with Crippen LogP contribution < -0.4 is 0 Å². The molecule has 0 unspecified atom stereocenters. The third-order valence-corrected chi connectivity index (χ3v) is 2.81. The molecule has 1 aromatic rings. The Bertz CT molecular complexity index is 344. The lowest BCUT2D eigenvalue weighted by atomic mass is 9.92. The van der Waals surface area contributed by atoms with E-state index in [-0.39, 0.29) is 0 Å². The molecule has 0 amide bonds. The molecule has 2 rings (SSSR count). The molecule has 0 bridgehead atoms. The molecule has 0 aliphatic heterocycles. The van der Waals surface area contributed by atoms with E-state index in [0.29, 0.717) is 0 Å². The molecule has 1 aliphatic rings. The van der Waals surface area contributed by atoms with Crippen molar-refractivity contribution in [3.63, 3.8) is 0 Å². The lowest BCUT2D eigenvalue weighted by Crippen LogP contribution is -2.08. The fourth-order valence-corrected chi connectivity index (χ4v) is 2.04. The summed E-state index contributed by atoms with van der Waals surface area (Å²) in [5.74, 6) is 0. The molecule has 0 spiro atoms. The molecule has 2 heteroatoms. The first-order valence-electron chi connectivity index (χ1n) is 5.21. The van der Waals surface area contributed by atoms with Gasteiger partial charge < -0.3 is 5.21 Å². The highest BCUT2D eigenvalue weighted by atomic mass is 16.4. The normalized spacial score (nSPS) is 19.9. The Morgan fingerprint density at radius 2 is 1.79 bits per heavy atom. The Kier molecular flexibility index (Phi) is 2.82. The van der Waals surface area contributed by atoms with Gasteiger partial charge in [0, 0.05) is 5.56 Å². The van der Waals surface area contributed by atoms with Crippen molar-refractivity contribution in [2.24, 2.45) is 5.16 Å². The Morgan fingerprint density at radius 3 is 2.64 bits per heavy atom. The summed E-state index contributed by atoms with van der Waals surface area (Å²) in [5, 5.41) is 12.3. The van der Waals surface area contributed by atoms with Crippen molar-refractivity contribution < 1.29 is 5.21 Å². The lowest BCUT2D eigenvalue weighted by molar-refractivity contribution is 0.317. The van der Waals surface area contributed by atoms with Crippen LogP contribution in [-0.4, -0.2) is 10.9 Å². The molecular weight excluding hydrogens is 174 g/mol. The maximum atomic E-state index is 8.94. The topological polar surface area (TPSA) is 32.6 Å². The molecule has 1 aromatic carbocycles. The van der Waals surface area contributed by atoms with E-state index in [1.807, 2.05) is 6.07 Å². The molecule has 0 heterocycles. The summed E-state index contributed by atoms with van der Waals surface area (Å²) in [7, 11) is 0. The van der Waals surface area contributed by atoms with E-state index in [2.05, 4.69) is 23.4 Å². The number of nitrogens with zero attached hydrogens (tertiary/aromatic N) is 1. The second-order valence-electron chi connectivity index (χ2n) is 3.76. The molecule has 0 saturated heterocycles. The van der Waals surface area contributed by atoms with Gasteiger partial charge >= 0.3 is 0 Å². The summed E-state index contributed by atoms with van der Waals surface area (Å²) < 4.78 is 0. The van der Waals surface area contributed by atoms with Crippen LogP contribution in [0, 0.1) is 0 Å². The molecule has 0 saturated carbocycles. The highest BCUT2D eigenvalue weighted by Gasteiger charge is 2.11. The third kappa shape index (κ3) is 1.79. The highest BCUT2D eigenvalue weighted by Crippen LogP contribution is 2.20. The van der Waals surface area contributed by atoms with Gasteiger partial charge in [0.1, 0.15) is 0 Å². The van der Waals surface area contributed by atoms with Gasteiger partial charge in [-0.2, -0.15) is 0 Å². The van der Waals surface area contributed by atoms with Crippen LogP contribution in [0.2, 0.25) is 0 Å². The van der Waals surface area contributed by atoms with Gasteiger partial charge in [-0.15, -0.1) is 0 Å². The van der Waals surface area contributed by atoms with Gasteiger partial charge in [-0.3, -0.25) is 0 Å². The van der Waals surface area contributed by atoms with Gasteiger partial charge in [-0.25, -0.2) is 0 Å². The van der Waals surface area contributed by atoms with Crippen molar-refractivity contribution >= 4 is 5.71 Å². The minimum atomic E-state index is 0.848. The van der Waals surface area contributed by atoms with Crippen LogP contribution in [0.1, 0.15) is 36.8 Å². The number of benzene rings is 1. The van der Waals surface area contributed by atoms with E-state index in [1.165, 1.54) is 18.4 Å². The molecule has 1 aliphatic carbocycles. The predicted molar refractivity (Wildman–Crippen MR) is 56.9 cm³/mol. The van der Waals surface area contributed by atoms with E-state index >= 15 is 0 Å². The molecule has 0 aromatic heterocycles. The lowest BCUT2D eigenvalue weighted by Gasteiger charge is -2.14. The first-order chi connectivity index (χ1) is 6.92. The van der Waals surface area contributed by atoms with E-state index in [9.17, 15) is 0 Å². The summed E-state index contributed by atoms with van der Waals surface area (Å²) in [6, 6.07) is 8.24. The Balaban J connectivity index is 2.41. The standard InChI is InChI=1S/C12H15NO/c14-13-12-9-3-1-2-6-10-7-4-5-8-11(10)12/h4-5,7-8,14H,1-3,6,9H2/b13-12+. The summed E-state index contributed by atoms with van der Waals surface area (Å²) in [4.78, 5) is 0. The van der Waals surface area contributed by atoms with Crippen molar-refractivity contribution in [2.75, 3.05) is 0 Å². The van der Waals surface area contributed by atoms with Crippen LogP contribution in [0.15, 0.2) is 29.4 Å². The van der Waals surface area contributed by atoms with Crippen LogP contribution in [0.25, 0.3) is 0 Å². The number of hydrogen-bond acceptors (Lipinski definition) is 2. The van der Waals surface area contributed by atoms with Crippen LogP contribution in [0.3, 0.4) is 0 Å². The van der Waals surface area contributed by atoms with Gasteiger partial charge in [0.2, 0.25) is 0 Å². The zero-order valence-corrected chi connectivity index (χ0v) is 8.24. The van der Waals surface area contributed by atoms with Crippen molar-refractivity contribution in [3.05, 3.63) is 35.4 Å². The van der Waals surface area contributed by atoms with Gasteiger partial charge in [0.15, 0.2) is 0 Å². The van der Waals surface area contributed by atoms with Crippen LogP contribution in [-0.2, 0) is 6.42 Å². The zero-order valence-electron chi connectivity index (χ0n) is 8.24. The summed E-state index contributed by atoms with van der Waals surface area (Å²) in [6.45, 7) is 0. The summed E-state index contributed by atoms with van der Waals surface area (Å²) in [5.41, 5.74) is 3.30. The molecule has 2 nitrogen and oxygen atoms in total. The maximum Gasteiger partial charge on any atom is 0.0870 e. The SMILES string of the molecule is O/N=C1\CCCCCc2ccccc21. The third-order valence-electron chi connectivity index (χ3n) is 2.81. The maximum absolute atomic E-state index is 8.94. The van der Waals surface area contributed by atoms with Gasteiger partial charge in [0.05, 0.1) is 5.71 Å². The van der Waals surface area contributed by atoms with Crippen LogP contribution >= 0.6 is 0 Å². The second-order valence-corrected chi connectivity index (χ2v) is 3.76.